The molecule has 152 valence electrons. The largest absolute Gasteiger partial charge is 0.506 e. The number of hydrogen-bond acceptors (Lipinski definition) is 5. The number of benzene rings is 2. The van der Waals surface area contributed by atoms with Crippen LogP contribution in [0.5, 0.6) is 0 Å². The van der Waals surface area contributed by atoms with E-state index < -0.39 is 26.0 Å². The summed E-state index contributed by atoms with van der Waals surface area (Å²) in [5.74, 6) is -2.53. The van der Waals surface area contributed by atoms with Gasteiger partial charge in [0.1, 0.15) is 0 Å². The maximum Gasteiger partial charge on any atom is 0.377 e. The van der Waals surface area contributed by atoms with E-state index in [0.717, 1.165) is 16.4 Å². The van der Waals surface area contributed by atoms with Crippen LogP contribution in [0.25, 0.3) is 0 Å². The molecular weight excluding hydrogens is 384 g/mol. The van der Waals surface area contributed by atoms with E-state index in [-0.39, 0.29) is 10.8 Å². The summed E-state index contributed by atoms with van der Waals surface area (Å²) in [6.07, 6.45) is 1.09. The first-order valence-corrected chi connectivity index (χ1v) is 11.4. The van der Waals surface area contributed by atoms with E-state index in [1.807, 2.05) is 60.7 Å². The van der Waals surface area contributed by atoms with Crippen LogP contribution >= 0.6 is 0 Å². The molecular formula is C23H26O5Si. The average Bonchev–Trinajstić information content (AvgIpc) is 2.91. The molecule has 0 radical (unpaired) electrons. The third-order valence-electron chi connectivity index (χ3n) is 4.81. The molecule has 1 aliphatic rings. The molecule has 29 heavy (non-hydrogen) atoms. The first kappa shape index (κ1) is 20.9. The number of rotatable bonds is 4. The lowest BCUT2D eigenvalue weighted by Crippen LogP contribution is -2.67. The van der Waals surface area contributed by atoms with Crippen molar-refractivity contribution in [3.63, 3.8) is 0 Å². The highest BCUT2D eigenvalue weighted by molar-refractivity contribution is 7.00. The fourth-order valence-electron chi connectivity index (χ4n) is 3.63. The Morgan fingerprint density at radius 2 is 1.41 bits per heavy atom. The van der Waals surface area contributed by atoms with Crippen LogP contribution in [0.15, 0.2) is 72.5 Å². The van der Waals surface area contributed by atoms with E-state index in [4.69, 9.17) is 13.9 Å². The van der Waals surface area contributed by atoms with Crippen molar-refractivity contribution in [2.75, 3.05) is 0 Å². The normalized spacial score (nSPS) is 17.6. The Morgan fingerprint density at radius 1 is 0.931 bits per heavy atom. The molecule has 0 saturated carbocycles. The number of ether oxygens (including phenoxy) is 2. The maximum atomic E-state index is 13.0. The van der Waals surface area contributed by atoms with Crippen molar-refractivity contribution in [2.24, 2.45) is 0 Å². The standard InChI is InChI=1S/C23H26O5Si/c1-22(2,3)29(17-12-8-6-9-13-17,18-14-10-7-11-15-18)28-20(24)16-19-21(25)27-23(4,5)26-19/h6-16H,1-5H3/b19-16+. The fourth-order valence-corrected chi connectivity index (χ4v) is 7.92. The molecule has 0 bridgehead atoms. The highest BCUT2D eigenvalue weighted by Crippen LogP contribution is 2.37. The number of carbonyl (C=O) groups is 2. The van der Waals surface area contributed by atoms with Crippen LogP contribution in [-0.4, -0.2) is 26.0 Å². The Hall–Kier alpha value is -2.86. The van der Waals surface area contributed by atoms with Crippen molar-refractivity contribution in [1.82, 2.24) is 0 Å². The van der Waals surface area contributed by atoms with Gasteiger partial charge in [-0.25, -0.2) is 9.59 Å². The van der Waals surface area contributed by atoms with Crippen molar-refractivity contribution in [3.05, 3.63) is 72.5 Å². The average molecular weight is 411 g/mol. The van der Waals surface area contributed by atoms with Gasteiger partial charge < -0.3 is 13.9 Å². The molecule has 1 fully saturated rings. The third kappa shape index (κ3) is 4.12. The summed E-state index contributed by atoms with van der Waals surface area (Å²) in [6.45, 7) is 9.44. The van der Waals surface area contributed by atoms with Crippen molar-refractivity contribution in [3.8, 4) is 0 Å². The highest BCUT2D eigenvalue weighted by atomic mass is 28.4. The lowest BCUT2D eigenvalue weighted by molar-refractivity contribution is -0.159. The minimum atomic E-state index is -3.04. The SMILES string of the molecule is CC1(C)OC(=O)/C(=C\C(=O)O[Si](c2ccccc2)(c2ccccc2)C(C)(C)C)O1. The summed E-state index contributed by atoms with van der Waals surface area (Å²) < 4.78 is 16.8. The number of carbonyl (C=O) groups excluding carboxylic acids is 2. The van der Waals surface area contributed by atoms with Gasteiger partial charge >= 0.3 is 20.3 Å². The first-order chi connectivity index (χ1) is 13.6. The topological polar surface area (TPSA) is 61.8 Å². The zero-order valence-electron chi connectivity index (χ0n) is 17.4. The monoisotopic (exact) mass is 410 g/mol. The maximum absolute atomic E-state index is 13.0. The predicted octanol–water partition coefficient (Wildman–Crippen LogP) is 3.28. The lowest BCUT2D eigenvalue weighted by Gasteiger charge is -2.41. The molecule has 0 N–H and O–H groups in total. The summed E-state index contributed by atoms with van der Waals surface area (Å²) in [4.78, 5) is 25.0. The number of cyclic esters (lactones) is 1. The van der Waals surface area contributed by atoms with Crippen LogP contribution in [-0.2, 0) is 23.5 Å². The molecule has 5 nitrogen and oxygen atoms in total. The molecule has 3 rings (SSSR count). The molecule has 0 atom stereocenters. The van der Waals surface area contributed by atoms with Gasteiger partial charge in [0.2, 0.25) is 11.5 Å². The third-order valence-corrected chi connectivity index (χ3v) is 9.73. The second-order valence-corrected chi connectivity index (χ2v) is 12.7. The summed E-state index contributed by atoms with van der Waals surface area (Å²) in [6, 6.07) is 19.6. The Balaban J connectivity index is 2.09. The van der Waals surface area contributed by atoms with Crippen LogP contribution in [0.2, 0.25) is 5.04 Å². The smallest absolute Gasteiger partial charge is 0.377 e. The number of hydrogen-bond donors (Lipinski definition) is 0. The van der Waals surface area contributed by atoms with E-state index in [1.165, 1.54) is 0 Å². The van der Waals surface area contributed by atoms with E-state index >= 15 is 0 Å². The quantitative estimate of drug-likeness (QED) is 0.440. The number of esters is 1. The van der Waals surface area contributed by atoms with Crippen LogP contribution in [0.4, 0.5) is 0 Å². The van der Waals surface area contributed by atoms with Crippen LogP contribution in [0, 0.1) is 0 Å². The van der Waals surface area contributed by atoms with Crippen LogP contribution < -0.4 is 10.4 Å². The van der Waals surface area contributed by atoms with Crippen LogP contribution in [0.1, 0.15) is 34.6 Å². The minimum Gasteiger partial charge on any atom is -0.506 e. The zero-order valence-corrected chi connectivity index (χ0v) is 18.4. The van der Waals surface area contributed by atoms with Gasteiger partial charge in [-0.1, -0.05) is 81.4 Å². The van der Waals surface area contributed by atoms with Crippen molar-refractivity contribution < 1.29 is 23.5 Å². The molecule has 0 unspecified atom stereocenters. The summed E-state index contributed by atoms with van der Waals surface area (Å²) in [5, 5.41) is 1.58. The first-order valence-electron chi connectivity index (χ1n) is 9.53. The molecule has 6 heteroatoms. The second-order valence-electron chi connectivity index (χ2n) is 8.48. The van der Waals surface area contributed by atoms with Gasteiger partial charge in [-0.15, -0.1) is 0 Å². The van der Waals surface area contributed by atoms with Gasteiger partial charge in [-0.05, 0) is 15.4 Å². The summed E-state index contributed by atoms with van der Waals surface area (Å²) in [5.41, 5.74) is 0. The Morgan fingerprint density at radius 3 is 1.79 bits per heavy atom. The van der Waals surface area contributed by atoms with Gasteiger partial charge in [0.15, 0.2) is 0 Å². The molecule has 1 heterocycles. The Bertz CT molecular complexity index is 887. The molecule has 1 aliphatic heterocycles. The van der Waals surface area contributed by atoms with Gasteiger partial charge in [0.05, 0.1) is 6.08 Å². The van der Waals surface area contributed by atoms with E-state index in [0.29, 0.717) is 0 Å². The molecule has 0 spiro atoms. The van der Waals surface area contributed by atoms with Crippen molar-refractivity contribution in [2.45, 2.75) is 45.4 Å². The minimum absolute atomic E-state index is 0.141. The van der Waals surface area contributed by atoms with Crippen LogP contribution in [0.3, 0.4) is 0 Å². The van der Waals surface area contributed by atoms with Crippen molar-refractivity contribution in [1.29, 1.82) is 0 Å². The van der Waals surface area contributed by atoms with Gasteiger partial charge in [-0.3, -0.25) is 0 Å². The summed E-state index contributed by atoms with van der Waals surface area (Å²) >= 11 is 0. The van der Waals surface area contributed by atoms with Gasteiger partial charge in [0, 0.05) is 13.8 Å². The van der Waals surface area contributed by atoms with Gasteiger partial charge in [-0.2, -0.15) is 0 Å². The van der Waals surface area contributed by atoms with E-state index in [1.54, 1.807) is 13.8 Å². The highest BCUT2D eigenvalue weighted by Gasteiger charge is 2.53. The molecule has 2 aromatic rings. The molecule has 0 aliphatic carbocycles. The molecule has 0 aromatic heterocycles. The summed E-state index contributed by atoms with van der Waals surface area (Å²) in [7, 11) is -3.04. The molecule has 2 aromatic carbocycles. The van der Waals surface area contributed by atoms with Gasteiger partial charge in [0.25, 0.3) is 0 Å². The second kappa shape index (κ2) is 7.52. The predicted molar refractivity (Wildman–Crippen MR) is 113 cm³/mol. The van der Waals surface area contributed by atoms with E-state index in [2.05, 4.69) is 20.8 Å². The Labute approximate surface area is 172 Å². The Kier molecular flexibility index (Phi) is 5.41. The van der Waals surface area contributed by atoms with Crippen molar-refractivity contribution >= 4 is 30.6 Å². The van der Waals surface area contributed by atoms with E-state index in [9.17, 15) is 9.59 Å². The zero-order chi connectivity index (χ0) is 21.3. The lowest BCUT2D eigenvalue weighted by atomic mass is 10.2. The fraction of sp³-hybridized carbons (Fsp3) is 0.304. The molecule has 0 amide bonds. The molecule has 1 saturated heterocycles.